The number of amides is 2. The Balaban J connectivity index is 1.90. The van der Waals surface area contributed by atoms with E-state index in [0.717, 1.165) is 23.3 Å². The van der Waals surface area contributed by atoms with Crippen molar-refractivity contribution >= 4 is 17.5 Å². The maximum atomic E-state index is 11.9. The second kappa shape index (κ2) is 6.48. The first-order valence-corrected chi connectivity index (χ1v) is 7.52. The highest BCUT2D eigenvalue weighted by Gasteiger charge is 2.27. The Morgan fingerprint density at radius 2 is 1.78 bits per heavy atom. The molecule has 0 saturated heterocycles. The van der Waals surface area contributed by atoms with E-state index in [9.17, 15) is 9.59 Å². The van der Waals surface area contributed by atoms with E-state index in [1.807, 2.05) is 6.07 Å². The van der Waals surface area contributed by atoms with Crippen LogP contribution in [0, 0.1) is 0 Å². The molecule has 0 N–H and O–H groups in total. The summed E-state index contributed by atoms with van der Waals surface area (Å²) in [6.07, 6.45) is 4.29. The van der Waals surface area contributed by atoms with Crippen molar-refractivity contribution in [1.29, 1.82) is 0 Å². The van der Waals surface area contributed by atoms with Gasteiger partial charge in [0.15, 0.2) is 5.75 Å². The smallest absolute Gasteiger partial charge is 0.258 e. The van der Waals surface area contributed by atoms with Crippen molar-refractivity contribution in [3.63, 3.8) is 0 Å². The molecule has 2 amide bonds. The van der Waals surface area contributed by atoms with Gasteiger partial charge in [-0.25, -0.2) is 4.90 Å². The first kappa shape index (κ1) is 13.8. The van der Waals surface area contributed by atoms with E-state index in [1.165, 1.54) is 12.2 Å². The van der Waals surface area contributed by atoms with E-state index in [1.54, 1.807) is 36.4 Å². The summed E-state index contributed by atoms with van der Waals surface area (Å²) >= 11 is 0. The van der Waals surface area contributed by atoms with Crippen molar-refractivity contribution in [2.24, 2.45) is 0 Å². The number of nitrogens with zero attached hydrogens (tertiary/aromatic N) is 1. The van der Waals surface area contributed by atoms with Gasteiger partial charge in [-0.3, -0.25) is 9.59 Å². The fourth-order valence-corrected chi connectivity index (χ4v) is 2.42. The van der Waals surface area contributed by atoms with Crippen LogP contribution in [-0.2, 0) is 16.0 Å². The third-order valence-corrected chi connectivity index (χ3v) is 3.51. The molecule has 2 aromatic rings. The van der Waals surface area contributed by atoms with Crippen molar-refractivity contribution in [3.8, 4) is 11.5 Å². The van der Waals surface area contributed by atoms with Crippen molar-refractivity contribution in [3.05, 3.63) is 66.2 Å². The molecule has 116 valence electrons. The van der Waals surface area contributed by atoms with Gasteiger partial charge in [-0.2, -0.15) is 0 Å². The summed E-state index contributed by atoms with van der Waals surface area (Å²) in [5, 5.41) is 0. The van der Waals surface area contributed by atoms with Crippen LogP contribution in [0.15, 0.2) is 60.7 Å². The fraction of sp³-hybridized carbons (Fsp3) is 0.158. The van der Waals surface area contributed by atoms with Gasteiger partial charge >= 0.3 is 0 Å². The second-order valence-electron chi connectivity index (χ2n) is 5.21. The molecule has 1 aliphatic heterocycles. The molecule has 0 unspecified atom stereocenters. The van der Waals surface area contributed by atoms with Crippen LogP contribution >= 0.6 is 0 Å². The van der Waals surface area contributed by atoms with Crippen LogP contribution in [0.5, 0.6) is 11.5 Å². The molecule has 0 atom stereocenters. The van der Waals surface area contributed by atoms with Gasteiger partial charge in [0.1, 0.15) is 5.75 Å². The number of carbonyl (C=O) groups excluding carboxylic acids is 2. The number of para-hydroxylation sites is 2. The lowest BCUT2D eigenvalue weighted by molar-refractivity contribution is -0.120. The molecule has 0 bridgehead atoms. The monoisotopic (exact) mass is 308 g/mol. The summed E-state index contributed by atoms with van der Waals surface area (Å²) < 4.78 is 13.9. The Hall–Kier alpha value is -2.88. The number of hydrogen-bond donors (Lipinski definition) is 0. The summed E-state index contributed by atoms with van der Waals surface area (Å²) in [5.41, 5.74) is 1.36. The van der Waals surface area contributed by atoms with E-state index >= 15 is 0 Å². The molecule has 3 rings (SSSR count). The van der Waals surface area contributed by atoms with Gasteiger partial charge in [0, 0.05) is 12.2 Å². The first-order valence-electron chi connectivity index (χ1n) is 8.02. The molecule has 0 saturated carbocycles. The van der Waals surface area contributed by atoms with Crippen LogP contribution in [0.4, 0.5) is 5.69 Å². The van der Waals surface area contributed by atoms with Gasteiger partial charge in [-0.1, -0.05) is 37.6 Å². The summed E-state index contributed by atoms with van der Waals surface area (Å²) in [6.45, 7) is 2.07. The molecule has 4 nitrogen and oxygen atoms in total. The number of imide groups is 1. The summed E-state index contributed by atoms with van der Waals surface area (Å²) in [4.78, 5) is 24.9. The van der Waals surface area contributed by atoms with Crippen LogP contribution in [0.25, 0.3) is 0 Å². The Kier molecular flexibility index (Phi) is 3.88. The minimum absolute atomic E-state index is 0.390. The Morgan fingerprint density at radius 3 is 2.48 bits per heavy atom. The predicted molar refractivity (Wildman–Crippen MR) is 88.6 cm³/mol. The van der Waals surface area contributed by atoms with Gasteiger partial charge in [-0.05, 0) is 36.2 Å². The molecule has 0 aliphatic carbocycles. The van der Waals surface area contributed by atoms with Crippen molar-refractivity contribution < 1.29 is 15.7 Å². The SMILES string of the molecule is [2H]c1cc(Oc2ccccc2N2C(=O)C=CC2=O)ccc1CCC. The zero-order chi connectivity index (χ0) is 17.1. The average molecular weight is 308 g/mol. The lowest BCUT2D eigenvalue weighted by Crippen LogP contribution is -2.29. The Morgan fingerprint density at radius 1 is 1.04 bits per heavy atom. The number of carbonyl (C=O) groups is 2. The van der Waals surface area contributed by atoms with Crippen molar-refractivity contribution in [2.45, 2.75) is 19.8 Å². The van der Waals surface area contributed by atoms with Gasteiger partial charge in [0.25, 0.3) is 11.8 Å². The molecule has 0 aromatic heterocycles. The summed E-state index contributed by atoms with van der Waals surface area (Å²) in [6, 6.07) is 12.6. The highest BCUT2D eigenvalue weighted by Crippen LogP contribution is 2.33. The van der Waals surface area contributed by atoms with Crippen LogP contribution in [0.1, 0.15) is 20.3 Å². The number of benzene rings is 2. The lowest BCUT2D eigenvalue weighted by atomic mass is 10.1. The lowest BCUT2D eigenvalue weighted by Gasteiger charge is -2.18. The van der Waals surface area contributed by atoms with Crippen LogP contribution in [0.3, 0.4) is 0 Å². The number of ether oxygens (including phenoxy) is 1. The predicted octanol–water partition coefficient (Wildman–Crippen LogP) is 3.86. The van der Waals surface area contributed by atoms with Crippen LogP contribution < -0.4 is 9.64 Å². The van der Waals surface area contributed by atoms with E-state index in [0.29, 0.717) is 23.2 Å². The molecule has 0 spiro atoms. The quantitative estimate of drug-likeness (QED) is 0.788. The van der Waals surface area contributed by atoms with E-state index in [-0.39, 0.29) is 0 Å². The maximum Gasteiger partial charge on any atom is 0.258 e. The van der Waals surface area contributed by atoms with Gasteiger partial charge in [-0.15, -0.1) is 0 Å². The number of hydrogen-bond acceptors (Lipinski definition) is 3. The normalized spacial score (nSPS) is 14.3. The third-order valence-electron chi connectivity index (χ3n) is 3.51. The third kappa shape index (κ3) is 3.16. The standard InChI is InChI=1S/C19H17NO3/c1-2-5-14-8-10-15(11-9-14)23-17-7-4-3-6-16(17)20-18(21)12-13-19(20)22/h3-4,6-13H,2,5H2,1H3/i8D. The highest BCUT2D eigenvalue weighted by atomic mass is 16.5. The van der Waals surface area contributed by atoms with Crippen molar-refractivity contribution in [2.75, 3.05) is 4.90 Å². The molecule has 4 heteroatoms. The molecule has 0 fully saturated rings. The van der Waals surface area contributed by atoms with Crippen LogP contribution in [-0.4, -0.2) is 11.8 Å². The zero-order valence-electron chi connectivity index (χ0n) is 13.8. The second-order valence-corrected chi connectivity index (χ2v) is 5.21. The van der Waals surface area contributed by atoms with Gasteiger partial charge in [0.05, 0.1) is 7.06 Å². The van der Waals surface area contributed by atoms with E-state index < -0.39 is 11.8 Å². The van der Waals surface area contributed by atoms with Gasteiger partial charge < -0.3 is 4.74 Å². The van der Waals surface area contributed by atoms with E-state index in [4.69, 9.17) is 6.11 Å². The average Bonchev–Trinajstić information content (AvgIpc) is 2.90. The summed E-state index contributed by atoms with van der Waals surface area (Å²) in [5.74, 6) is 0.107. The maximum absolute atomic E-state index is 11.9. The largest absolute Gasteiger partial charge is 0.455 e. The minimum atomic E-state index is -0.393. The molecular formula is C19H17NO3. The number of anilines is 1. The topological polar surface area (TPSA) is 46.6 Å². The first-order chi connectivity index (χ1) is 11.6. The number of rotatable bonds is 5. The zero-order valence-corrected chi connectivity index (χ0v) is 12.8. The fourth-order valence-electron chi connectivity index (χ4n) is 2.42. The Labute approximate surface area is 136 Å². The molecule has 1 heterocycles. The van der Waals surface area contributed by atoms with Gasteiger partial charge in [0.2, 0.25) is 0 Å². The minimum Gasteiger partial charge on any atom is -0.455 e. The van der Waals surface area contributed by atoms with Crippen molar-refractivity contribution in [1.82, 2.24) is 0 Å². The number of aryl methyl sites for hydroxylation is 1. The Bertz CT molecular complexity index is 811. The molecule has 0 radical (unpaired) electrons. The van der Waals surface area contributed by atoms with Crippen LogP contribution in [0.2, 0.25) is 0 Å². The molecule has 1 aliphatic rings. The highest BCUT2D eigenvalue weighted by molar-refractivity contribution is 6.28. The summed E-state index contributed by atoms with van der Waals surface area (Å²) in [7, 11) is 0. The molecular weight excluding hydrogens is 290 g/mol. The van der Waals surface area contributed by atoms with E-state index in [2.05, 4.69) is 6.92 Å². The molecule has 23 heavy (non-hydrogen) atoms. The molecule has 2 aromatic carbocycles.